The Balaban J connectivity index is 1.30. The predicted molar refractivity (Wildman–Crippen MR) is 132 cm³/mol. The van der Waals surface area contributed by atoms with Gasteiger partial charge in [-0.3, -0.25) is 4.79 Å². The van der Waals surface area contributed by atoms with Crippen LogP contribution in [0.4, 0.5) is 0 Å². The maximum atomic E-state index is 13.0. The Morgan fingerprint density at radius 2 is 1.58 bits per heavy atom. The van der Waals surface area contributed by atoms with Crippen molar-refractivity contribution in [2.24, 2.45) is 11.0 Å². The number of halogens is 2. The fraction of sp³-hybridized carbons (Fsp3) is 0.111. The van der Waals surface area contributed by atoms with Gasteiger partial charge >= 0.3 is 0 Å². The second-order valence-corrected chi connectivity index (χ2v) is 8.84. The Kier molecular flexibility index (Phi) is 5.79. The van der Waals surface area contributed by atoms with E-state index in [1.807, 2.05) is 48.5 Å². The third-order valence-corrected chi connectivity index (χ3v) is 6.79. The minimum atomic E-state index is -0.326. The van der Waals surface area contributed by atoms with Crippen LogP contribution in [0, 0.1) is 5.92 Å². The molecule has 6 heteroatoms. The molecule has 1 aromatic heterocycles. The lowest BCUT2D eigenvalue weighted by atomic mass is 9.85. The van der Waals surface area contributed by atoms with Crippen molar-refractivity contribution >= 4 is 35.3 Å². The van der Waals surface area contributed by atoms with Gasteiger partial charge in [0.05, 0.1) is 22.2 Å². The standard InChI is InChI=1S/C27H20Cl2N2O2/c28-23-13-11-18(15-24(23)29)25-14-12-21(33-25)17-30-31-26(32)22-16-27(22,19-7-3-1-4-8-19)20-9-5-2-6-10-20/h1-15,17,22H,16H2,(H,31,32). The molecule has 33 heavy (non-hydrogen) atoms. The highest BCUT2D eigenvalue weighted by molar-refractivity contribution is 6.42. The molecule has 1 fully saturated rings. The van der Waals surface area contributed by atoms with Gasteiger partial charge in [-0.1, -0.05) is 83.9 Å². The molecule has 3 aromatic carbocycles. The summed E-state index contributed by atoms with van der Waals surface area (Å²) in [7, 11) is 0. The molecule has 1 saturated carbocycles. The molecule has 1 heterocycles. The van der Waals surface area contributed by atoms with Crippen LogP contribution in [0.3, 0.4) is 0 Å². The van der Waals surface area contributed by atoms with Crippen LogP contribution in [0.25, 0.3) is 11.3 Å². The van der Waals surface area contributed by atoms with Gasteiger partial charge in [0.2, 0.25) is 5.91 Å². The lowest BCUT2D eigenvalue weighted by molar-refractivity contribution is -0.122. The summed E-state index contributed by atoms with van der Waals surface area (Å²) in [6.45, 7) is 0. The van der Waals surface area contributed by atoms with Crippen molar-refractivity contribution in [1.82, 2.24) is 5.43 Å². The van der Waals surface area contributed by atoms with E-state index in [0.717, 1.165) is 23.1 Å². The van der Waals surface area contributed by atoms with Gasteiger partial charge in [0.15, 0.2) is 0 Å². The van der Waals surface area contributed by atoms with Crippen LogP contribution in [0.1, 0.15) is 23.3 Å². The highest BCUT2D eigenvalue weighted by Crippen LogP contribution is 2.58. The number of amides is 1. The van der Waals surface area contributed by atoms with Gasteiger partial charge < -0.3 is 4.42 Å². The van der Waals surface area contributed by atoms with E-state index < -0.39 is 0 Å². The molecule has 0 bridgehead atoms. The summed E-state index contributed by atoms with van der Waals surface area (Å²) in [6, 6.07) is 29.2. The van der Waals surface area contributed by atoms with Crippen LogP contribution in [0.2, 0.25) is 10.0 Å². The first kappa shape index (κ1) is 21.5. The number of furan rings is 1. The Labute approximate surface area is 201 Å². The summed E-state index contributed by atoms with van der Waals surface area (Å²) in [6.07, 6.45) is 2.23. The van der Waals surface area contributed by atoms with Crippen LogP contribution in [-0.2, 0) is 10.2 Å². The van der Waals surface area contributed by atoms with E-state index in [4.69, 9.17) is 27.6 Å². The summed E-state index contributed by atoms with van der Waals surface area (Å²) < 4.78 is 5.80. The molecular weight excluding hydrogens is 455 g/mol. The second-order valence-electron chi connectivity index (χ2n) is 8.03. The zero-order valence-electron chi connectivity index (χ0n) is 17.5. The zero-order chi connectivity index (χ0) is 22.8. The number of nitrogens with one attached hydrogen (secondary N) is 1. The maximum absolute atomic E-state index is 13.0. The average Bonchev–Trinajstić information content (AvgIpc) is 3.45. The first-order valence-electron chi connectivity index (χ1n) is 10.6. The van der Waals surface area contributed by atoms with Crippen molar-refractivity contribution in [2.45, 2.75) is 11.8 Å². The summed E-state index contributed by atoms with van der Waals surface area (Å²) in [5.74, 6) is 0.846. The van der Waals surface area contributed by atoms with Crippen LogP contribution < -0.4 is 5.43 Å². The zero-order valence-corrected chi connectivity index (χ0v) is 19.1. The number of hydrogen-bond acceptors (Lipinski definition) is 3. The molecule has 1 amide bonds. The van der Waals surface area contributed by atoms with E-state index in [-0.39, 0.29) is 17.2 Å². The molecule has 1 N–H and O–H groups in total. The van der Waals surface area contributed by atoms with Crippen molar-refractivity contribution in [1.29, 1.82) is 0 Å². The molecule has 0 aliphatic heterocycles. The number of carbonyl (C=O) groups is 1. The van der Waals surface area contributed by atoms with Crippen molar-refractivity contribution in [3.8, 4) is 11.3 Å². The average molecular weight is 475 g/mol. The quantitative estimate of drug-likeness (QED) is 0.249. The Morgan fingerprint density at radius 1 is 0.909 bits per heavy atom. The summed E-state index contributed by atoms with van der Waals surface area (Å²) >= 11 is 12.1. The molecule has 0 radical (unpaired) electrons. The largest absolute Gasteiger partial charge is 0.455 e. The maximum Gasteiger partial charge on any atom is 0.244 e. The van der Waals surface area contributed by atoms with E-state index >= 15 is 0 Å². The van der Waals surface area contributed by atoms with Gasteiger partial charge in [0, 0.05) is 11.0 Å². The van der Waals surface area contributed by atoms with Crippen molar-refractivity contribution < 1.29 is 9.21 Å². The number of nitrogens with zero attached hydrogens (tertiary/aromatic N) is 1. The highest BCUT2D eigenvalue weighted by atomic mass is 35.5. The van der Waals surface area contributed by atoms with Crippen LogP contribution in [0.15, 0.2) is 101 Å². The van der Waals surface area contributed by atoms with Crippen LogP contribution >= 0.6 is 23.2 Å². The van der Waals surface area contributed by atoms with Gasteiger partial charge in [-0.15, -0.1) is 0 Å². The number of hydrazone groups is 1. The highest BCUT2D eigenvalue weighted by Gasteiger charge is 2.60. The summed E-state index contributed by atoms with van der Waals surface area (Å²) in [5.41, 5.74) is 5.44. The van der Waals surface area contributed by atoms with E-state index in [9.17, 15) is 4.79 Å². The van der Waals surface area contributed by atoms with E-state index in [1.54, 1.807) is 18.2 Å². The van der Waals surface area contributed by atoms with E-state index in [0.29, 0.717) is 21.6 Å². The number of hydrogen-bond donors (Lipinski definition) is 1. The third kappa shape index (κ3) is 4.20. The van der Waals surface area contributed by atoms with Gasteiger partial charge in [0.25, 0.3) is 0 Å². The summed E-state index contributed by atoms with van der Waals surface area (Å²) in [4.78, 5) is 13.0. The van der Waals surface area contributed by atoms with Gasteiger partial charge in [-0.25, -0.2) is 5.43 Å². The molecule has 4 nitrogen and oxygen atoms in total. The van der Waals surface area contributed by atoms with Crippen LogP contribution in [0.5, 0.6) is 0 Å². The number of rotatable bonds is 6. The lowest BCUT2D eigenvalue weighted by Crippen LogP contribution is -2.25. The monoisotopic (exact) mass is 474 g/mol. The third-order valence-electron chi connectivity index (χ3n) is 6.05. The molecule has 1 atom stereocenters. The lowest BCUT2D eigenvalue weighted by Gasteiger charge is -2.18. The number of benzene rings is 3. The molecule has 164 valence electrons. The summed E-state index contributed by atoms with van der Waals surface area (Å²) in [5, 5.41) is 5.07. The van der Waals surface area contributed by atoms with Crippen LogP contribution in [-0.4, -0.2) is 12.1 Å². The molecule has 1 aliphatic carbocycles. The van der Waals surface area contributed by atoms with E-state index in [1.165, 1.54) is 6.21 Å². The van der Waals surface area contributed by atoms with Gasteiger partial charge in [-0.05, 0) is 47.9 Å². The predicted octanol–water partition coefficient (Wildman–Crippen LogP) is 6.71. The second kappa shape index (κ2) is 8.89. The SMILES string of the molecule is O=C(NN=Cc1ccc(-c2ccc(Cl)c(Cl)c2)o1)C1CC1(c1ccccc1)c1ccccc1. The molecule has 4 aromatic rings. The Bertz CT molecular complexity index is 1280. The molecule has 0 spiro atoms. The first-order chi connectivity index (χ1) is 16.1. The molecular formula is C27H20Cl2N2O2. The van der Waals surface area contributed by atoms with Crippen molar-refractivity contribution in [2.75, 3.05) is 0 Å². The van der Waals surface area contributed by atoms with Gasteiger partial charge in [-0.2, -0.15) is 5.10 Å². The molecule has 0 saturated heterocycles. The Morgan fingerprint density at radius 3 is 2.21 bits per heavy atom. The Hall–Kier alpha value is -3.34. The van der Waals surface area contributed by atoms with Gasteiger partial charge in [0.1, 0.15) is 11.5 Å². The minimum absolute atomic E-state index is 0.116. The molecule has 5 rings (SSSR count). The smallest absolute Gasteiger partial charge is 0.244 e. The minimum Gasteiger partial charge on any atom is -0.455 e. The van der Waals surface area contributed by atoms with Crippen molar-refractivity contribution in [3.05, 3.63) is 118 Å². The molecule has 1 unspecified atom stereocenters. The number of carbonyl (C=O) groups excluding carboxylic acids is 1. The topological polar surface area (TPSA) is 54.6 Å². The normalized spacial score (nSPS) is 16.6. The fourth-order valence-corrected chi connectivity index (χ4v) is 4.62. The van der Waals surface area contributed by atoms with Crippen molar-refractivity contribution in [3.63, 3.8) is 0 Å². The molecule has 1 aliphatic rings. The van der Waals surface area contributed by atoms with E-state index in [2.05, 4.69) is 34.8 Å². The first-order valence-corrected chi connectivity index (χ1v) is 11.3. The fourth-order valence-electron chi connectivity index (χ4n) is 4.32.